The summed E-state index contributed by atoms with van der Waals surface area (Å²) in [5, 5.41) is 11.9. The summed E-state index contributed by atoms with van der Waals surface area (Å²) < 4.78 is 0. The molecule has 1 saturated heterocycles. The number of amides is 3. The molecule has 29 heavy (non-hydrogen) atoms. The van der Waals surface area contributed by atoms with E-state index in [-0.39, 0.29) is 16.3 Å². The van der Waals surface area contributed by atoms with Crippen LogP contribution in [0.2, 0.25) is 0 Å². The number of allylic oxidation sites excluding steroid dienone is 2. The molecule has 1 aliphatic heterocycles. The first-order valence-corrected chi connectivity index (χ1v) is 9.73. The highest BCUT2D eigenvalue weighted by molar-refractivity contribution is 8.18. The number of benzene rings is 2. The van der Waals surface area contributed by atoms with Gasteiger partial charge in [0, 0.05) is 0 Å². The van der Waals surface area contributed by atoms with Crippen LogP contribution >= 0.6 is 11.8 Å². The number of carbonyl (C=O) groups excluding carboxylic acids is 3. The molecule has 1 aliphatic rings. The first kappa shape index (κ1) is 20.4. The standard InChI is InChI=1S/C22H20N2O4S/c1-14-8-9-18(25)17(11-14)23-20(26)13-24-21(27)19(29-22(24)28)12-15(2)10-16-6-4-3-5-7-16/h3-12,25H,13H2,1-2H3,(H,23,26)/b15-10+,19-12-. The highest BCUT2D eigenvalue weighted by Gasteiger charge is 2.36. The van der Waals surface area contributed by atoms with E-state index >= 15 is 0 Å². The lowest BCUT2D eigenvalue weighted by Crippen LogP contribution is -2.36. The summed E-state index contributed by atoms with van der Waals surface area (Å²) in [6.45, 7) is 3.24. The molecule has 0 aliphatic carbocycles. The van der Waals surface area contributed by atoms with E-state index in [1.807, 2.05) is 50.3 Å². The van der Waals surface area contributed by atoms with Gasteiger partial charge in [-0.15, -0.1) is 0 Å². The minimum atomic E-state index is -0.564. The van der Waals surface area contributed by atoms with Gasteiger partial charge in [-0.3, -0.25) is 19.3 Å². The lowest BCUT2D eigenvalue weighted by molar-refractivity contribution is -0.127. The third-order valence-corrected chi connectivity index (χ3v) is 5.06. The van der Waals surface area contributed by atoms with Crippen molar-refractivity contribution in [3.8, 4) is 5.75 Å². The number of imide groups is 1. The molecule has 1 heterocycles. The molecule has 2 N–H and O–H groups in total. The van der Waals surface area contributed by atoms with E-state index in [0.29, 0.717) is 0 Å². The Morgan fingerprint density at radius 2 is 1.90 bits per heavy atom. The van der Waals surface area contributed by atoms with Crippen LogP contribution in [0.4, 0.5) is 10.5 Å². The van der Waals surface area contributed by atoms with Crippen molar-refractivity contribution in [3.05, 3.63) is 76.2 Å². The van der Waals surface area contributed by atoms with Gasteiger partial charge in [-0.1, -0.05) is 42.5 Å². The summed E-state index contributed by atoms with van der Waals surface area (Å²) in [6.07, 6.45) is 3.55. The van der Waals surface area contributed by atoms with Gasteiger partial charge in [0.15, 0.2) is 0 Å². The Morgan fingerprint density at radius 1 is 1.17 bits per heavy atom. The number of phenols is 1. The van der Waals surface area contributed by atoms with Crippen LogP contribution in [0.5, 0.6) is 5.75 Å². The van der Waals surface area contributed by atoms with Crippen molar-refractivity contribution < 1.29 is 19.5 Å². The van der Waals surface area contributed by atoms with Crippen molar-refractivity contribution in [2.45, 2.75) is 13.8 Å². The van der Waals surface area contributed by atoms with Crippen LogP contribution in [0.3, 0.4) is 0 Å². The number of anilines is 1. The van der Waals surface area contributed by atoms with Gasteiger partial charge in [0.25, 0.3) is 11.1 Å². The molecule has 2 aromatic rings. The molecule has 0 aromatic heterocycles. The number of nitrogens with zero attached hydrogens (tertiary/aromatic N) is 1. The van der Waals surface area contributed by atoms with Crippen LogP contribution < -0.4 is 5.32 Å². The fraction of sp³-hybridized carbons (Fsp3) is 0.136. The Bertz CT molecular complexity index is 1030. The first-order chi connectivity index (χ1) is 13.8. The Hall–Kier alpha value is -3.32. The summed E-state index contributed by atoms with van der Waals surface area (Å²) in [7, 11) is 0. The van der Waals surface area contributed by atoms with Crippen LogP contribution in [0, 0.1) is 6.92 Å². The van der Waals surface area contributed by atoms with Crippen LogP contribution in [0.1, 0.15) is 18.1 Å². The molecule has 148 valence electrons. The Balaban J connectivity index is 1.69. The number of hydrogen-bond acceptors (Lipinski definition) is 5. The minimum Gasteiger partial charge on any atom is -0.506 e. The molecular weight excluding hydrogens is 388 g/mol. The second kappa shape index (κ2) is 8.79. The molecule has 0 unspecified atom stereocenters. The normalized spacial score (nSPS) is 15.9. The molecule has 2 aromatic carbocycles. The largest absolute Gasteiger partial charge is 0.506 e. The summed E-state index contributed by atoms with van der Waals surface area (Å²) in [5.41, 5.74) is 2.89. The number of nitrogens with one attached hydrogen (secondary N) is 1. The van der Waals surface area contributed by atoms with Gasteiger partial charge in [0.2, 0.25) is 5.91 Å². The molecule has 3 amide bonds. The van der Waals surface area contributed by atoms with Crippen LogP contribution in [0.25, 0.3) is 6.08 Å². The second-order valence-electron chi connectivity index (χ2n) is 6.64. The molecule has 0 atom stereocenters. The van der Waals surface area contributed by atoms with E-state index < -0.39 is 23.6 Å². The van der Waals surface area contributed by atoms with E-state index in [4.69, 9.17) is 0 Å². The van der Waals surface area contributed by atoms with E-state index in [1.165, 1.54) is 6.07 Å². The van der Waals surface area contributed by atoms with Gasteiger partial charge in [0.05, 0.1) is 10.6 Å². The number of rotatable bonds is 5. The molecule has 0 radical (unpaired) electrons. The number of hydrogen-bond donors (Lipinski definition) is 2. The van der Waals surface area contributed by atoms with Crippen molar-refractivity contribution in [3.63, 3.8) is 0 Å². The third kappa shape index (κ3) is 5.14. The maximum absolute atomic E-state index is 12.6. The van der Waals surface area contributed by atoms with Gasteiger partial charge in [-0.2, -0.15) is 0 Å². The Morgan fingerprint density at radius 3 is 2.62 bits per heavy atom. The fourth-order valence-corrected chi connectivity index (χ4v) is 3.67. The number of aryl methyl sites for hydroxylation is 1. The second-order valence-corrected chi connectivity index (χ2v) is 7.63. The SMILES string of the molecule is CC(/C=C1\SC(=O)N(CC(=O)Nc2cc(C)ccc2O)C1=O)=C\c1ccccc1. The molecule has 0 spiro atoms. The zero-order chi connectivity index (χ0) is 21.0. The highest BCUT2D eigenvalue weighted by atomic mass is 32.2. The van der Waals surface area contributed by atoms with Crippen molar-refractivity contribution in [2.24, 2.45) is 0 Å². The summed E-state index contributed by atoms with van der Waals surface area (Å²) in [4.78, 5) is 38.2. The lowest BCUT2D eigenvalue weighted by Gasteiger charge is -2.13. The van der Waals surface area contributed by atoms with Gasteiger partial charge in [-0.05, 0) is 60.5 Å². The molecule has 7 heteroatoms. The smallest absolute Gasteiger partial charge is 0.294 e. The Kier molecular flexibility index (Phi) is 6.19. The van der Waals surface area contributed by atoms with E-state index in [9.17, 15) is 19.5 Å². The van der Waals surface area contributed by atoms with Crippen molar-refractivity contribution >= 4 is 40.6 Å². The minimum absolute atomic E-state index is 0.0836. The van der Waals surface area contributed by atoms with E-state index in [2.05, 4.69) is 5.32 Å². The highest BCUT2D eigenvalue weighted by Crippen LogP contribution is 2.32. The van der Waals surface area contributed by atoms with Crippen LogP contribution in [-0.2, 0) is 9.59 Å². The zero-order valence-electron chi connectivity index (χ0n) is 16.0. The zero-order valence-corrected chi connectivity index (χ0v) is 16.8. The molecule has 0 bridgehead atoms. The molecule has 6 nitrogen and oxygen atoms in total. The third-order valence-electron chi connectivity index (χ3n) is 4.15. The van der Waals surface area contributed by atoms with Crippen LogP contribution in [-0.4, -0.2) is 33.6 Å². The van der Waals surface area contributed by atoms with Crippen molar-refractivity contribution in [2.75, 3.05) is 11.9 Å². The average molecular weight is 408 g/mol. The van der Waals surface area contributed by atoms with Crippen molar-refractivity contribution in [1.82, 2.24) is 4.90 Å². The average Bonchev–Trinajstić information content (AvgIpc) is 2.92. The number of aromatic hydroxyl groups is 1. The fourth-order valence-electron chi connectivity index (χ4n) is 2.78. The quantitative estimate of drug-likeness (QED) is 0.568. The predicted molar refractivity (Wildman–Crippen MR) is 114 cm³/mol. The number of thioether (sulfide) groups is 1. The summed E-state index contributed by atoms with van der Waals surface area (Å²) in [5.74, 6) is -1.16. The first-order valence-electron chi connectivity index (χ1n) is 8.91. The molecule has 3 rings (SSSR count). The maximum Gasteiger partial charge on any atom is 0.294 e. The monoisotopic (exact) mass is 408 g/mol. The molecular formula is C22H20N2O4S. The number of carbonyl (C=O) groups is 3. The van der Waals surface area contributed by atoms with Gasteiger partial charge in [-0.25, -0.2) is 0 Å². The van der Waals surface area contributed by atoms with Crippen LogP contribution in [0.15, 0.2) is 65.1 Å². The van der Waals surface area contributed by atoms with E-state index in [1.54, 1.807) is 18.2 Å². The summed E-state index contributed by atoms with van der Waals surface area (Å²) >= 11 is 0.803. The summed E-state index contributed by atoms with van der Waals surface area (Å²) in [6, 6.07) is 14.4. The predicted octanol–water partition coefficient (Wildman–Crippen LogP) is 4.32. The maximum atomic E-state index is 12.6. The number of phenolic OH excluding ortho intramolecular Hbond substituents is 1. The van der Waals surface area contributed by atoms with Gasteiger partial charge < -0.3 is 10.4 Å². The van der Waals surface area contributed by atoms with Crippen molar-refractivity contribution in [1.29, 1.82) is 0 Å². The van der Waals surface area contributed by atoms with E-state index in [0.717, 1.165) is 33.4 Å². The molecule has 1 fully saturated rings. The van der Waals surface area contributed by atoms with Gasteiger partial charge >= 0.3 is 0 Å². The lowest BCUT2D eigenvalue weighted by atomic mass is 10.1. The topological polar surface area (TPSA) is 86.7 Å². The van der Waals surface area contributed by atoms with Gasteiger partial charge in [0.1, 0.15) is 12.3 Å². The molecule has 0 saturated carbocycles. The Labute approximate surface area is 172 Å².